The summed E-state index contributed by atoms with van der Waals surface area (Å²) in [6.45, 7) is 3.78. The van der Waals surface area contributed by atoms with Gasteiger partial charge in [-0.05, 0) is 42.3 Å². The molecule has 0 heterocycles. The summed E-state index contributed by atoms with van der Waals surface area (Å²) in [7, 11) is 0. The summed E-state index contributed by atoms with van der Waals surface area (Å²) in [5.74, 6) is -0.242. The lowest BCUT2D eigenvalue weighted by atomic mass is 9.99. The predicted molar refractivity (Wildman–Crippen MR) is 78.8 cm³/mol. The molecule has 3 heteroatoms. The van der Waals surface area contributed by atoms with Crippen LogP contribution >= 0.6 is 11.6 Å². The van der Waals surface area contributed by atoms with Gasteiger partial charge in [-0.1, -0.05) is 42.8 Å². The molecule has 0 aliphatic rings. The second-order valence-corrected chi connectivity index (χ2v) is 4.87. The first-order valence-corrected chi connectivity index (χ1v) is 6.84. The van der Waals surface area contributed by atoms with E-state index in [0.717, 1.165) is 29.7 Å². The van der Waals surface area contributed by atoms with Gasteiger partial charge >= 0.3 is 0 Å². The Hall–Kier alpha value is -1.38. The van der Waals surface area contributed by atoms with Crippen molar-refractivity contribution in [1.82, 2.24) is 5.32 Å². The Morgan fingerprint density at radius 3 is 2.63 bits per heavy atom. The van der Waals surface area contributed by atoms with Crippen molar-refractivity contribution in [2.24, 2.45) is 0 Å². The third kappa shape index (κ3) is 3.55. The Kier molecular flexibility index (Phi) is 4.94. The third-order valence-corrected chi connectivity index (χ3v) is 3.31. The summed E-state index contributed by atoms with van der Waals surface area (Å²) in [6.07, 6.45) is 1.07. The van der Waals surface area contributed by atoms with E-state index < -0.39 is 0 Å². The van der Waals surface area contributed by atoms with Crippen LogP contribution in [0.15, 0.2) is 42.5 Å². The number of hydrogen-bond acceptors (Lipinski definition) is 1. The normalized spacial score (nSPS) is 10.7. The minimum absolute atomic E-state index is 0.242. The van der Waals surface area contributed by atoms with Crippen molar-refractivity contribution < 1.29 is 4.39 Å². The van der Waals surface area contributed by atoms with Gasteiger partial charge in [-0.15, -0.1) is 0 Å². The lowest BCUT2D eigenvalue weighted by Crippen LogP contribution is -2.14. The van der Waals surface area contributed by atoms with E-state index in [0.29, 0.717) is 11.6 Å². The molecule has 0 bridgehead atoms. The fourth-order valence-electron chi connectivity index (χ4n) is 2.03. The van der Waals surface area contributed by atoms with E-state index in [4.69, 9.17) is 11.6 Å². The zero-order chi connectivity index (χ0) is 13.7. The Morgan fingerprint density at radius 2 is 1.89 bits per heavy atom. The molecule has 100 valence electrons. The van der Waals surface area contributed by atoms with Gasteiger partial charge in [0, 0.05) is 17.1 Å². The first-order valence-electron chi connectivity index (χ1n) is 6.46. The van der Waals surface area contributed by atoms with Crippen LogP contribution < -0.4 is 5.32 Å². The molecule has 0 saturated carbocycles. The fraction of sp³-hybridized carbons (Fsp3) is 0.250. The van der Waals surface area contributed by atoms with E-state index >= 15 is 0 Å². The van der Waals surface area contributed by atoms with Crippen LogP contribution in [0.1, 0.15) is 18.9 Å². The van der Waals surface area contributed by atoms with Crippen molar-refractivity contribution in [1.29, 1.82) is 0 Å². The summed E-state index contributed by atoms with van der Waals surface area (Å²) < 4.78 is 13.5. The highest BCUT2D eigenvalue weighted by Gasteiger charge is 2.09. The van der Waals surface area contributed by atoms with Gasteiger partial charge in [0.2, 0.25) is 0 Å². The summed E-state index contributed by atoms with van der Waals surface area (Å²) in [5.41, 5.74) is 2.79. The molecule has 19 heavy (non-hydrogen) atoms. The molecule has 0 spiro atoms. The van der Waals surface area contributed by atoms with E-state index in [9.17, 15) is 4.39 Å². The molecule has 2 aromatic rings. The predicted octanol–water partition coefficient (Wildman–Crippen LogP) is 4.65. The van der Waals surface area contributed by atoms with E-state index in [1.165, 1.54) is 6.07 Å². The second-order valence-electron chi connectivity index (χ2n) is 4.46. The van der Waals surface area contributed by atoms with Crippen molar-refractivity contribution in [3.63, 3.8) is 0 Å². The summed E-state index contributed by atoms with van der Waals surface area (Å²) in [6, 6.07) is 12.4. The number of rotatable bonds is 5. The second kappa shape index (κ2) is 6.69. The molecule has 0 amide bonds. The van der Waals surface area contributed by atoms with Crippen molar-refractivity contribution in [3.05, 3.63) is 58.9 Å². The SMILES string of the molecule is CCCNCc1ccc(F)cc1-c1ccccc1Cl. The van der Waals surface area contributed by atoms with Crippen molar-refractivity contribution >= 4 is 11.6 Å². The molecule has 0 radical (unpaired) electrons. The summed E-state index contributed by atoms with van der Waals surface area (Å²) in [4.78, 5) is 0. The molecule has 0 aliphatic carbocycles. The van der Waals surface area contributed by atoms with E-state index in [2.05, 4.69) is 12.2 Å². The zero-order valence-corrected chi connectivity index (χ0v) is 11.7. The molecule has 2 aromatic carbocycles. The third-order valence-electron chi connectivity index (χ3n) is 2.98. The lowest BCUT2D eigenvalue weighted by molar-refractivity contribution is 0.625. The molecule has 1 nitrogen and oxygen atoms in total. The molecular weight excluding hydrogens is 261 g/mol. The molecule has 0 fully saturated rings. The van der Waals surface area contributed by atoms with Crippen LogP contribution in [0.2, 0.25) is 5.02 Å². The van der Waals surface area contributed by atoms with Gasteiger partial charge in [0.1, 0.15) is 5.82 Å². The molecule has 1 N–H and O–H groups in total. The highest BCUT2D eigenvalue weighted by molar-refractivity contribution is 6.33. The summed E-state index contributed by atoms with van der Waals surface area (Å²) >= 11 is 6.20. The first kappa shape index (κ1) is 14.0. The number of hydrogen-bond donors (Lipinski definition) is 1. The number of benzene rings is 2. The fourth-order valence-corrected chi connectivity index (χ4v) is 2.27. The molecule has 2 rings (SSSR count). The van der Waals surface area contributed by atoms with Gasteiger partial charge in [-0.3, -0.25) is 0 Å². The smallest absolute Gasteiger partial charge is 0.123 e. The van der Waals surface area contributed by atoms with Gasteiger partial charge in [0.15, 0.2) is 0 Å². The van der Waals surface area contributed by atoms with Crippen LogP contribution in [0.25, 0.3) is 11.1 Å². The molecule has 0 unspecified atom stereocenters. The maximum absolute atomic E-state index is 13.5. The monoisotopic (exact) mass is 277 g/mol. The molecule has 0 aliphatic heterocycles. The lowest BCUT2D eigenvalue weighted by Gasteiger charge is -2.12. The van der Waals surface area contributed by atoms with Gasteiger partial charge in [-0.2, -0.15) is 0 Å². The van der Waals surface area contributed by atoms with Crippen LogP contribution in [0, 0.1) is 5.82 Å². The summed E-state index contributed by atoms with van der Waals surface area (Å²) in [5, 5.41) is 3.98. The van der Waals surface area contributed by atoms with Crippen molar-refractivity contribution in [3.8, 4) is 11.1 Å². The van der Waals surface area contributed by atoms with Crippen LogP contribution in [-0.4, -0.2) is 6.54 Å². The van der Waals surface area contributed by atoms with Gasteiger partial charge < -0.3 is 5.32 Å². The van der Waals surface area contributed by atoms with Gasteiger partial charge in [0.05, 0.1) is 0 Å². The average molecular weight is 278 g/mol. The first-order chi connectivity index (χ1) is 9.22. The zero-order valence-electron chi connectivity index (χ0n) is 10.9. The maximum atomic E-state index is 13.5. The van der Waals surface area contributed by atoms with Crippen LogP contribution in [0.3, 0.4) is 0 Å². The van der Waals surface area contributed by atoms with E-state index in [1.54, 1.807) is 6.07 Å². The Morgan fingerprint density at radius 1 is 1.11 bits per heavy atom. The van der Waals surface area contributed by atoms with Gasteiger partial charge in [0.25, 0.3) is 0 Å². The van der Waals surface area contributed by atoms with Crippen molar-refractivity contribution in [2.75, 3.05) is 6.54 Å². The topological polar surface area (TPSA) is 12.0 Å². The Balaban J connectivity index is 2.37. The number of nitrogens with one attached hydrogen (secondary N) is 1. The standard InChI is InChI=1S/C16H17ClFN/c1-2-9-19-11-12-7-8-13(18)10-15(12)14-5-3-4-6-16(14)17/h3-8,10,19H,2,9,11H2,1H3. The quantitative estimate of drug-likeness (QED) is 0.785. The van der Waals surface area contributed by atoms with Gasteiger partial charge in [-0.25, -0.2) is 4.39 Å². The number of halogens is 2. The molecule has 0 atom stereocenters. The van der Waals surface area contributed by atoms with Crippen LogP contribution in [0.5, 0.6) is 0 Å². The molecule has 0 saturated heterocycles. The Bertz CT molecular complexity index is 554. The maximum Gasteiger partial charge on any atom is 0.123 e. The van der Waals surface area contributed by atoms with Crippen LogP contribution in [0.4, 0.5) is 4.39 Å². The minimum Gasteiger partial charge on any atom is -0.313 e. The minimum atomic E-state index is -0.242. The average Bonchev–Trinajstić information content (AvgIpc) is 2.41. The van der Waals surface area contributed by atoms with Crippen LogP contribution in [-0.2, 0) is 6.54 Å². The Labute approximate surface area is 118 Å². The molecule has 0 aromatic heterocycles. The molecular formula is C16H17ClFN. The highest BCUT2D eigenvalue weighted by atomic mass is 35.5. The van der Waals surface area contributed by atoms with E-state index in [1.807, 2.05) is 30.3 Å². The highest BCUT2D eigenvalue weighted by Crippen LogP contribution is 2.30. The largest absolute Gasteiger partial charge is 0.313 e. The van der Waals surface area contributed by atoms with Crippen molar-refractivity contribution in [2.45, 2.75) is 19.9 Å². The van der Waals surface area contributed by atoms with E-state index in [-0.39, 0.29) is 5.82 Å².